The van der Waals surface area contributed by atoms with E-state index < -0.39 is 0 Å². The fourth-order valence-electron chi connectivity index (χ4n) is 5.65. The Morgan fingerprint density at radius 2 is 1.56 bits per heavy atom. The summed E-state index contributed by atoms with van der Waals surface area (Å²) in [6.07, 6.45) is 5.09. The van der Waals surface area contributed by atoms with Crippen molar-refractivity contribution in [1.29, 1.82) is 0 Å². The van der Waals surface area contributed by atoms with Crippen molar-refractivity contribution >= 4 is 11.9 Å². The molecule has 0 aliphatic carbocycles. The summed E-state index contributed by atoms with van der Waals surface area (Å²) in [5.74, 6) is 3.44. The SMILES string of the molecule is CCNC(=NCCC1CCN(CC)CC1)N1CCN(CC(=O)N2CC(C)CC(C)C2)CC1. The Balaban J connectivity index is 1.41. The second-order valence-corrected chi connectivity index (χ2v) is 10.4. The number of carbonyl (C=O) groups is 1. The molecule has 3 saturated heterocycles. The second kappa shape index (κ2) is 12.8. The van der Waals surface area contributed by atoms with E-state index >= 15 is 0 Å². The third-order valence-electron chi connectivity index (χ3n) is 7.54. The summed E-state index contributed by atoms with van der Waals surface area (Å²) in [7, 11) is 0. The van der Waals surface area contributed by atoms with Gasteiger partial charge >= 0.3 is 0 Å². The van der Waals surface area contributed by atoms with Crippen molar-refractivity contribution in [3.63, 3.8) is 0 Å². The zero-order valence-corrected chi connectivity index (χ0v) is 21.2. The number of piperidine rings is 2. The van der Waals surface area contributed by atoms with E-state index in [9.17, 15) is 4.79 Å². The molecule has 0 radical (unpaired) electrons. The fraction of sp³-hybridized carbons (Fsp3) is 0.920. The average molecular weight is 449 g/mol. The first-order chi connectivity index (χ1) is 15.5. The predicted octanol–water partition coefficient (Wildman–Crippen LogP) is 2.20. The van der Waals surface area contributed by atoms with Gasteiger partial charge in [-0.15, -0.1) is 0 Å². The number of guanidine groups is 1. The summed E-state index contributed by atoms with van der Waals surface area (Å²) in [6.45, 7) is 20.6. The van der Waals surface area contributed by atoms with Crippen molar-refractivity contribution < 1.29 is 4.79 Å². The van der Waals surface area contributed by atoms with E-state index in [1.165, 1.54) is 45.3 Å². The van der Waals surface area contributed by atoms with Crippen LogP contribution in [0.5, 0.6) is 0 Å². The standard InChI is InChI=1S/C25H48N6O/c1-5-26-25(27-10-7-23-8-11-28(6-2)12-9-23)30-15-13-29(14-16-30)20-24(32)31-18-21(3)17-22(4)19-31/h21-23H,5-20H2,1-4H3,(H,26,27). The molecule has 3 aliphatic heterocycles. The molecule has 2 atom stereocenters. The molecule has 0 bridgehead atoms. The average Bonchev–Trinajstić information content (AvgIpc) is 2.79. The normalized spacial score (nSPS) is 27.1. The van der Waals surface area contributed by atoms with Crippen LogP contribution in [0.1, 0.15) is 53.4 Å². The Bertz CT molecular complexity index is 585. The van der Waals surface area contributed by atoms with Crippen LogP contribution in [-0.4, -0.2) is 110 Å². The first kappa shape index (κ1) is 25.3. The number of nitrogens with one attached hydrogen (secondary N) is 1. The highest BCUT2D eigenvalue weighted by molar-refractivity contribution is 5.80. The maximum Gasteiger partial charge on any atom is 0.236 e. The topological polar surface area (TPSA) is 54.4 Å². The molecule has 7 heteroatoms. The molecule has 3 aliphatic rings. The molecule has 3 rings (SSSR count). The third-order valence-corrected chi connectivity index (χ3v) is 7.54. The van der Waals surface area contributed by atoms with Gasteiger partial charge in [0.1, 0.15) is 0 Å². The lowest BCUT2D eigenvalue weighted by Crippen LogP contribution is -2.55. The predicted molar refractivity (Wildman–Crippen MR) is 133 cm³/mol. The maximum atomic E-state index is 12.8. The second-order valence-electron chi connectivity index (χ2n) is 10.4. The number of amides is 1. The molecule has 184 valence electrons. The first-order valence-electron chi connectivity index (χ1n) is 13.2. The summed E-state index contributed by atoms with van der Waals surface area (Å²) in [6, 6.07) is 0. The van der Waals surface area contributed by atoms with Gasteiger partial charge in [-0.1, -0.05) is 20.8 Å². The Morgan fingerprint density at radius 3 is 2.16 bits per heavy atom. The Kier molecular flexibility index (Phi) is 10.1. The zero-order chi connectivity index (χ0) is 22.9. The highest BCUT2D eigenvalue weighted by atomic mass is 16.2. The summed E-state index contributed by atoms with van der Waals surface area (Å²) in [4.78, 5) is 27.2. The minimum absolute atomic E-state index is 0.312. The summed E-state index contributed by atoms with van der Waals surface area (Å²) >= 11 is 0. The van der Waals surface area contributed by atoms with Crippen molar-refractivity contribution in [3.05, 3.63) is 0 Å². The molecule has 7 nitrogen and oxygen atoms in total. The third kappa shape index (κ3) is 7.62. The Labute approximate surface area is 196 Å². The van der Waals surface area contributed by atoms with Crippen molar-refractivity contribution in [2.75, 3.05) is 78.5 Å². The van der Waals surface area contributed by atoms with Crippen LogP contribution in [0.4, 0.5) is 0 Å². The first-order valence-corrected chi connectivity index (χ1v) is 13.2. The van der Waals surface area contributed by atoms with Crippen molar-refractivity contribution in [2.45, 2.75) is 53.4 Å². The number of hydrogen-bond donors (Lipinski definition) is 1. The smallest absolute Gasteiger partial charge is 0.236 e. The molecule has 32 heavy (non-hydrogen) atoms. The van der Waals surface area contributed by atoms with Crippen molar-refractivity contribution in [3.8, 4) is 0 Å². The zero-order valence-electron chi connectivity index (χ0n) is 21.2. The molecule has 1 amide bonds. The molecular weight excluding hydrogens is 400 g/mol. The number of likely N-dealkylation sites (tertiary alicyclic amines) is 2. The molecule has 1 N–H and O–H groups in total. The van der Waals surface area contributed by atoms with Crippen LogP contribution in [0, 0.1) is 17.8 Å². The maximum absolute atomic E-state index is 12.8. The van der Waals surface area contributed by atoms with Gasteiger partial charge in [0.2, 0.25) is 5.91 Å². The van der Waals surface area contributed by atoms with Gasteiger partial charge in [-0.25, -0.2) is 0 Å². The van der Waals surface area contributed by atoms with E-state index in [4.69, 9.17) is 4.99 Å². The van der Waals surface area contributed by atoms with Gasteiger partial charge in [0.15, 0.2) is 5.96 Å². The molecule has 0 saturated carbocycles. The van der Waals surface area contributed by atoms with E-state index in [-0.39, 0.29) is 0 Å². The van der Waals surface area contributed by atoms with Crippen LogP contribution < -0.4 is 5.32 Å². The van der Waals surface area contributed by atoms with Crippen LogP contribution in [0.25, 0.3) is 0 Å². The number of aliphatic imine (C=N–C) groups is 1. The monoisotopic (exact) mass is 448 g/mol. The number of nitrogens with zero attached hydrogens (tertiary/aromatic N) is 5. The molecule has 2 unspecified atom stereocenters. The largest absolute Gasteiger partial charge is 0.357 e. The highest BCUT2D eigenvalue weighted by Gasteiger charge is 2.28. The number of carbonyl (C=O) groups excluding carboxylic acids is 1. The van der Waals surface area contributed by atoms with E-state index in [1.807, 2.05) is 0 Å². The summed E-state index contributed by atoms with van der Waals surface area (Å²) in [5, 5.41) is 3.50. The number of piperazine rings is 1. The van der Waals surface area contributed by atoms with Gasteiger partial charge in [-0.05, 0) is 70.0 Å². The summed E-state index contributed by atoms with van der Waals surface area (Å²) in [5.41, 5.74) is 0. The van der Waals surface area contributed by atoms with Gasteiger partial charge < -0.3 is 20.0 Å². The lowest BCUT2D eigenvalue weighted by Gasteiger charge is -2.39. The summed E-state index contributed by atoms with van der Waals surface area (Å²) < 4.78 is 0. The minimum atomic E-state index is 0.312. The van der Waals surface area contributed by atoms with Gasteiger partial charge in [0.25, 0.3) is 0 Å². The van der Waals surface area contributed by atoms with Gasteiger partial charge in [-0.2, -0.15) is 0 Å². The molecule has 0 aromatic rings. The van der Waals surface area contributed by atoms with Crippen LogP contribution in [-0.2, 0) is 4.79 Å². The van der Waals surface area contributed by atoms with Crippen LogP contribution in [0.15, 0.2) is 4.99 Å². The lowest BCUT2D eigenvalue weighted by molar-refractivity contribution is -0.135. The minimum Gasteiger partial charge on any atom is -0.357 e. The van der Waals surface area contributed by atoms with E-state index in [2.05, 4.69) is 52.6 Å². The van der Waals surface area contributed by atoms with Crippen molar-refractivity contribution in [2.24, 2.45) is 22.7 Å². The van der Waals surface area contributed by atoms with Gasteiger partial charge in [0.05, 0.1) is 6.54 Å². The van der Waals surface area contributed by atoms with E-state index in [0.717, 1.165) is 64.2 Å². The van der Waals surface area contributed by atoms with Crippen LogP contribution >= 0.6 is 0 Å². The Hall–Kier alpha value is -1.34. The molecule has 0 aromatic carbocycles. The number of hydrogen-bond acceptors (Lipinski definition) is 4. The van der Waals surface area contributed by atoms with Gasteiger partial charge in [0, 0.05) is 52.4 Å². The van der Waals surface area contributed by atoms with E-state index in [1.54, 1.807) is 0 Å². The number of rotatable bonds is 7. The molecular formula is C25H48N6O. The molecule has 0 aromatic heterocycles. The van der Waals surface area contributed by atoms with Crippen molar-refractivity contribution in [1.82, 2.24) is 24.9 Å². The quantitative estimate of drug-likeness (QED) is 0.478. The molecule has 3 heterocycles. The molecule has 3 fully saturated rings. The van der Waals surface area contributed by atoms with Crippen LogP contribution in [0.2, 0.25) is 0 Å². The Morgan fingerprint density at radius 1 is 0.906 bits per heavy atom. The lowest BCUT2D eigenvalue weighted by atomic mass is 9.92. The fourth-order valence-corrected chi connectivity index (χ4v) is 5.65. The van der Waals surface area contributed by atoms with Crippen LogP contribution in [0.3, 0.4) is 0 Å². The highest BCUT2D eigenvalue weighted by Crippen LogP contribution is 2.22. The van der Waals surface area contributed by atoms with Gasteiger partial charge in [-0.3, -0.25) is 14.7 Å². The molecule has 0 spiro atoms. The van der Waals surface area contributed by atoms with E-state index in [0.29, 0.717) is 24.3 Å².